The largest absolute Gasteiger partial charge is 0.480 e. The maximum absolute atomic E-state index is 13.7. The normalized spacial score (nSPS) is 11.0. The van der Waals surface area contributed by atoms with E-state index in [-0.39, 0.29) is 16.3 Å². The molecule has 0 fully saturated rings. The molecule has 0 bridgehead atoms. The summed E-state index contributed by atoms with van der Waals surface area (Å²) in [6.45, 7) is 0. The lowest BCUT2D eigenvalue weighted by atomic mass is 9.98. The second kappa shape index (κ2) is 7.17. The minimum atomic E-state index is -3.33. The zero-order valence-corrected chi connectivity index (χ0v) is 15.4. The molecule has 0 radical (unpaired) electrons. The second-order valence-corrected chi connectivity index (χ2v) is 7.88. The average Bonchev–Trinajstić information content (AvgIpc) is 2.66. The highest BCUT2D eigenvalue weighted by Gasteiger charge is 2.17. The van der Waals surface area contributed by atoms with Crippen molar-refractivity contribution in [2.75, 3.05) is 13.4 Å². The highest BCUT2D eigenvalue weighted by molar-refractivity contribution is 7.90. The van der Waals surface area contributed by atoms with E-state index in [2.05, 4.69) is 4.98 Å². The lowest BCUT2D eigenvalue weighted by Gasteiger charge is -2.13. The third-order valence-electron chi connectivity index (χ3n) is 3.99. The fourth-order valence-corrected chi connectivity index (χ4v) is 3.32. The number of halogens is 1. The van der Waals surface area contributed by atoms with Crippen LogP contribution < -0.4 is 4.74 Å². The molecular formula is C20H15FN2O3S. The van der Waals surface area contributed by atoms with Gasteiger partial charge in [-0.05, 0) is 35.9 Å². The van der Waals surface area contributed by atoms with Crippen LogP contribution in [-0.4, -0.2) is 26.8 Å². The zero-order chi connectivity index (χ0) is 19.6. The Morgan fingerprint density at radius 2 is 1.78 bits per heavy atom. The number of sulfone groups is 1. The fourth-order valence-electron chi connectivity index (χ4n) is 2.69. The molecule has 0 atom stereocenters. The van der Waals surface area contributed by atoms with Gasteiger partial charge in [0.2, 0.25) is 5.88 Å². The van der Waals surface area contributed by atoms with Gasteiger partial charge in [0.1, 0.15) is 17.4 Å². The van der Waals surface area contributed by atoms with Gasteiger partial charge in [-0.2, -0.15) is 5.26 Å². The molecule has 0 N–H and O–H groups in total. The lowest BCUT2D eigenvalue weighted by molar-refractivity contribution is 0.397. The molecule has 0 unspecified atom stereocenters. The summed E-state index contributed by atoms with van der Waals surface area (Å²) < 4.78 is 42.3. The quantitative estimate of drug-likeness (QED) is 0.685. The second-order valence-electron chi connectivity index (χ2n) is 5.86. The minimum absolute atomic E-state index is 0.133. The molecule has 3 aromatic rings. The van der Waals surface area contributed by atoms with Gasteiger partial charge in [0.05, 0.1) is 17.7 Å². The SMILES string of the molecule is COc1nc(-c2cccc(F)c2)c(-c2ccc(S(C)(=O)=O)cc2)cc1C#N. The van der Waals surface area contributed by atoms with Crippen molar-refractivity contribution in [1.29, 1.82) is 5.26 Å². The molecule has 1 aromatic heterocycles. The van der Waals surface area contributed by atoms with Gasteiger partial charge in [-0.25, -0.2) is 17.8 Å². The molecule has 136 valence electrons. The van der Waals surface area contributed by atoms with Gasteiger partial charge in [0.25, 0.3) is 0 Å². The molecular weight excluding hydrogens is 367 g/mol. The molecule has 0 spiro atoms. The first-order chi connectivity index (χ1) is 12.8. The summed E-state index contributed by atoms with van der Waals surface area (Å²) in [4.78, 5) is 4.57. The van der Waals surface area contributed by atoms with Gasteiger partial charge >= 0.3 is 0 Å². The summed E-state index contributed by atoms with van der Waals surface area (Å²) in [5, 5.41) is 9.37. The first-order valence-electron chi connectivity index (χ1n) is 7.89. The van der Waals surface area contributed by atoms with E-state index in [0.717, 1.165) is 6.26 Å². The van der Waals surface area contributed by atoms with Crippen LogP contribution in [0.5, 0.6) is 5.88 Å². The molecule has 5 nitrogen and oxygen atoms in total. The number of methoxy groups -OCH3 is 1. The Morgan fingerprint density at radius 1 is 1.07 bits per heavy atom. The molecule has 3 rings (SSSR count). The van der Waals surface area contributed by atoms with Crippen LogP contribution >= 0.6 is 0 Å². The maximum Gasteiger partial charge on any atom is 0.232 e. The van der Waals surface area contributed by atoms with Crippen molar-refractivity contribution in [1.82, 2.24) is 4.98 Å². The monoisotopic (exact) mass is 382 g/mol. The molecule has 0 aliphatic rings. The number of rotatable bonds is 4. The summed E-state index contributed by atoms with van der Waals surface area (Å²) in [6, 6.07) is 15.8. The summed E-state index contributed by atoms with van der Waals surface area (Å²) in [6.07, 6.45) is 1.13. The van der Waals surface area contributed by atoms with Crippen molar-refractivity contribution in [3.63, 3.8) is 0 Å². The number of hydrogen-bond acceptors (Lipinski definition) is 5. The molecule has 0 saturated heterocycles. The highest BCUT2D eigenvalue weighted by Crippen LogP contribution is 2.35. The van der Waals surface area contributed by atoms with Gasteiger partial charge in [-0.1, -0.05) is 24.3 Å². The van der Waals surface area contributed by atoms with Crippen molar-refractivity contribution in [2.45, 2.75) is 4.90 Å². The zero-order valence-electron chi connectivity index (χ0n) is 14.6. The molecule has 7 heteroatoms. The number of benzene rings is 2. The Labute approximate surface area is 156 Å². The summed E-state index contributed by atoms with van der Waals surface area (Å²) in [7, 11) is -1.93. The standard InChI is InChI=1S/C20H15FN2O3S/c1-26-20-15(12-22)11-18(13-6-8-17(9-7-13)27(2,24)25)19(23-20)14-4-3-5-16(21)10-14/h3-11H,1-2H3. The third kappa shape index (κ3) is 3.81. The van der Waals surface area contributed by atoms with E-state index < -0.39 is 15.7 Å². The number of nitrogens with zero attached hydrogens (tertiary/aromatic N) is 2. The van der Waals surface area contributed by atoms with Crippen molar-refractivity contribution < 1.29 is 17.5 Å². The average molecular weight is 382 g/mol. The number of pyridine rings is 1. The van der Waals surface area contributed by atoms with Crippen LogP contribution in [0.1, 0.15) is 5.56 Å². The molecule has 0 aliphatic carbocycles. The highest BCUT2D eigenvalue weighted by atomic mass is 32.2. The van der Waals surface area contributed by atoms with Crippen LogP contribution in [0.3, 0.4) is 0 Å². The predicted molar refractivity (Wildman–Crippen MR) is 99.4 cm³/mol. The first-order valence-corrected chi connectivity index (χ1v) is 9.78. The van der Waals surface area contributed by atoms with E-state index in [4.69, 9.17) is 4.74 Å². The van der Waals surface area contributed by atoms with Crippen LogP contribution in [0.2, 0.25) is 0 Å². The van der Waals surface area contributed by atoms with E-state index in [9.17, 15) is 18.1 Å². The van der Waals surface area contributed by atoms with Gasteiger partial charge in [-0.3, -0.25) is 0 Å². The van der Waals surface area contributed by atoms with Gasteiger partial charge in [0, 0.05) is 17.4 Å². The van der Waals surface area contributed by atoms with Crippen LogP contribution in [0.15, 0.2) is 59.5 Å². The molecule has 0 amide bonds. The van der Waals surface area contributed by atoms with Crippen LogP contribution in [0.4, 0.5) is 4.39 Å². The van der Waals surface area contributed by atoms with E-state index in [0.29, 0.717) is 22.4 Å². The lowest BCUT2D eigenvalue weighted by Crippen LogP contribution is -1.99. The van der Waals surface area contributed by atoms with Crippen LogP contribution in [0, 0.1) is 17.1 Å². The summed E-state index contributed by atoms with van der Waals surface area (Å²) in [5.41, 5.74) is 2.38. The van der Waals surface area contributed by atoms with E-state index in [1.165, 1.54) is 31.4 Å². The van der Waals surface area contributed by atoms with Crippen molar-refractivity contribution >= 4 is 9.84 Å². The predicted octanol–water partition coefficient (Wildman–Crippen LogP) is 3.84. The molecule has 1 heterocycles. The third-order valence-corrected chi connectivity index (χ3v) is 5.12. The number of nitriles is 1. The minimum Gasteiger partial charge on any atom is -0.480 e. The van der Waals surface area contributed by atoms with Gasteiger partial charge < -0.3 is 4.74 Å². The van der Waals surface area contributed by atoms with Crippen molar-refractivity contribution in [2.24, 2.45) is 0 Å². The maximum atomic E-state index is 13.7. The molecule has 0 aliphatic heterocycles. The Balaban J connectivity index is 2.26. The van der Waals surface area contributed by atoms with Crippen LogP contribution in [-0.2, 0) is 9.84 Å². The topological polar surface area (TPSA) is 80.0 Å². The van der Waals surface area contributed by atoms with Crippen LogP contribution in [0.25, 0.3) is 22.4 Å². The van der Waals surface area contributed by atoms with Gasteiger partial charge in [0.15, 0.2) is 9.84 Å². The number of ether oxygens (including phenoxy) is 1. The molecule has 2 aromatic carbocycles. The Bertz CT molecular complexity index is 1150. The van der Waals surface area contributed by atoms with E-state index >= 15 is 0 Å². The molecule has 27 heavy (non-hydrogen) atoms. The van der Waals surface area contributed by atoms with Gasteiger partial charge in [-0.15, -0.1) is 0 Å². The van der Waals surface area contributed by atoms with E-state index in [1.54, 1.807) is 30.3 Å². The smallest absolute Gasteiger partial charge is 0.232 e. The number of hydrogen-bond donors (Lipinski definition) is 0. The summed E-state index contributed by atoms with van der Waals surface area (Å²) in [5.74, 6) is -0.288. The summed E-state index contributed by atoms with van der Waals surface area (Å²) >= 11 is 0. The first kappa shape index (κ1) is 18.5. The van der Waals surface area contributed by atoms with Crippen molar-refractivity contribution in [3.8, 4) is 34.3 Å². The molecule has 0 saturated carbocycles. The number of aromatic nitrogens is 1. The Kier molecular flexibility index (Phi) is 4.93. The Morgan fingerprint density at radius 3 is 2.33 bits per heavy atom. The Hall–Kier alpha value is -3.24. The van der Waals surface area contributed by atoms with E-state index in [1.807, 2.05) is 6.07 Å². The van der Waals surface area contributed by atoms with Crippen molar-refractivity contribution in [3.05, 3.63) is 66.0 Å². The fraction of sp³-hybridized carbons (Fsp3) is 0.100.